The van der Waals surface area contributed by atoms with E-state index < -0.39 is 10.0 Å². The molecule has 0 heterocycles. The van der Waals surface area contributed by atoms with Gasteiger partial charge in [0, 0.05) is 18.3 Å². The Hall–Kier alpha value is -1.11. The lowest BCUT2D eigenvalue weighted by atomic mass is 9.86. The summed E-state index contributed by atoms with van der Waals surface area (Å²) in [5, 5.41) is 9.16. The van der Waals surface area contributed by atoms with Gasteiger partial charge in [-0.1, -0.05) is 20.8 Å². The van der Waals surface area contributed by atoms with Crippen LogP contribution in [0.5, 0.6) is 0 Å². The van der Waals surface area contributed by atoms with Gasteiger partial charge in [-0.2, -0.15) is 0 Å². The predicted molar refractivity (Wildman–Crippen MR) is 85.6 cm³/mol. The molecule has 0 fully saturated rings. The molecule has 6 heteroatoms. The molecule has 0 aliphatic carbocycles. The fraction of sp³-hybridized carbons (Fsp3) is 0.600. The molecule has 1 aromatic carbocycles. The molecule has 0 amide bonds. The van der Waals surface area contributed by atoms with Crippen molar-refractivity contribution in [1.29, 1.82) is 0 Å². The van der Waals surface area contributed by atoms with Crippen molar-refractivity contribution in [2.45, 2.75) is 52.0 Å². The first kappa shape index (κ1) is 17.9. The lowest BCUT2D eigenvalue weighted by Crippen LogP contribution is -2.44. The standard InChI is InChI=1S/C15H26N2O3S/c1-10-8-12(16)11(2)13(9-10)21(19,20)17-14(6-7-18)15(3,4)5/h8-9,14,17-18H,6-7,16H2,1-5H3. The second-order valence-corrected chi connectivity index (χ2v) is 8.21. The van der Waals surface area contributed by atoms with Crippen molar-refractivity contribution in [3.8, 4) is 0 Å². The Morgan fingerprint density at radius 1 is 1.29 bits per heavy atom. The first-order valence-corrected chi connectivity index (χ1v) is 8.47. The SMILES string of the molecule is Cc1cc(N)c(C)c(S(=O)(=O)NC(CCO)C(C)(C)C)c1. The van der Waals surface area contributed by atoms with Crippen molar-refractivity contribution in [1.82, 2.24) is 4.72 Å². The summed E-state index contributed by atoms with van der Waals surface area (Å²) in [6.45, 7) is 9.25. The normalized spacial score (nSPS) is 14.2. The molecule has 1 atom stereocenters. The summed E-state index contributed by atoms with van der Waals surface area (Å²) in [6.07, 6.45) is 0.364. The van der Waals surface area contributed by atoms with Gasteiger partial charge in [0.2, 0.25) is 10.0 Å². The third-order valence-corrected chi connectivity index (χ3v) is 5.19. The van der Waals surface area contributed by atoms with Crippen LogP contribution in [0.25, 0.3) is 0 Å². The maximum Gasteiger partial charge on any atom is 0.241 e. The number of aliphatic hydroxyl groups is 1. The molecule has 0 aromatic heterocycles. The molecular weight excluding hydrogens is 288 g/mol. The Bertz CT molecular complexity index is 604. The van der Waals surface area contributed by atoms with E-state index in [0.29, 0.717) is 17.7 Å². The number of nitrogens with one attached hydrogen (secondary N) is 1. The summed E-state index contributed by atoms with van der Waals surface area (Å²) in [4.78, 5) is 0.201. The van der Waals surface area contributed by atoms with Crippen molar-refractivity contribution in [3.05, 3.63) is 23.3 Å². The van der Waals surface area contributed by atoms with Crippen LogP contribution in [0.1, 0.15) is 38.3 Å². The Kier molecular flexibility index (Phi) is 5.41. The van der Waals surface area contributed by atoms with Gasteiger partial charge in [0.1, 0.15) is 0 Å². The number of sulfonamides is 1. The van der Waals surface area contributed by atoms with Crippen LogP contribution < -0.4 is 10.5 Å². The van der Waals surface area contributed by atoms with E-state index in [9.17, 15) is 8.42 Å². The molecule has 21 heavy (non-hydrogen) atoms. The van der Waals surface area contributed by atoms with Gasteiger partial charge in [-0.25, -0.2) is 13.1 Å². The molecule has 0 aliphatic rings. The number of aryl methyl sites for hydroxylation is 1. The van der Waals surface area contributed by atoms with Crippen LogP contribution in [0, 0.1) is 19.3 Å². The molecular formula is C15H26N2O3S. The molecule has 1 aromatic rings. The van der Waals surface area contributed by atoms with Crippen LogP contribution >= 0.6 is 0 Å². The average molecular weight is 314 g/mol. The number of hydrogen-bond acceptors (Lipinski definition) is 4. The van der Waals surface area contributed by atoms with Crippen LogP contribution in [-0.2, 0) is 10.0 Å². The predicted octanol–water partition coefficient (Wildman–Crippen LogP) is 1.96. The summed E-state index contributed by atoms with van der Waals surface area (Å²) in [5.41, 5.74) is 7.38. The number of hydrogen-bond donors (Lipinski definition) is 3. The molecule has 1 rings (SSSR count). The molecule has 0 saturated heterocycles. The highest BCUT2D eigenvalue weighted by Gasteiger charge is 2.30. The van der Waals surface area contributed by atoms with Crippen LogP contribution in [0.4, 0.5) is 5.69 Å². The third kappa shape index (κ3) is 4.43. The maximum atomic E-state index is 12.6. The number of benzene rings is 1. The van der Waals surface area contributed by atoms with E-state index in [-0.39, 0.29) is 23.0 Å². The van der Waals surface area contributed by atoms with Gasteiger partial charge in [0.05, 0.1) is 4.90 Å². The number of nitrogen functional groups attached to an aromatic ring is 1. The molecule has 1 unspecified atom stereocenters. The summed E-state index contributed by atoms with van der Waals surface area (Å²) in [6, 6.07) is 3.02. The number of nitrogens with two attached hydrogens (primary N) is 1. The average Bonchev–Trinajstić information content (AvgIpc) is 2.31. The summed E-state index contributed by atoms with van der Waals surface area (Å²) in [7, 11) is -3.68. The van der Waals surface area contributed by atoms with E-state index in [4.69, 9.17) is 10.8 Å². The van der Waals surface area contributed by atoms with Crippen LogP contribution in [0.15, 0.2) is 17.0 Å². The Morgan fingerprint density at radius 3 is 2.33 bits per heavy atom. The molecule has 0 spiro atoms. The van der Waals surface area contributed by atoms with E-state index >= 15 is 0 Å². The zero-order valence-corrected chi connectivity index (χ0v) is 14.2. The molecule has 0 saturated carbocycles. The van der Waals surface area contributed by atoms with Crippen LogP contribution in [0.3, 0.4) is 0 Å². The highest BCUT2D eigenvalue weighted by Crippen LogP contribution is 2.27. The largest absolute Gasteiger partial charge is 0.398 e. The molecule has 120 valence electrons. The van der Waals surface area contributed by atoms with Gasteiger partial charge < -0.3 is 10.8 Å². The van der Waals surface area contributed by atoms with Gasteiger partial charge in [0.15, 0.2) is 0 Å². The zero-order valence-electron chi connectivity index (χ0n) is 13.4. The maximum absolute atomic E-state index is 12.6. The van der Waals surface area contributed by atoms with Gasteiger partial charge in [-0.05, 0) is 48.9 Å². The molecule has 0 aliphatic heterocycles. The summed E-state index contributed by atoms with van der Waals surface area (Å²) in [5.74, 6) is 0. The van der Waals surface area contributed by atoms with Crippen molar-refractivity contribution in [3.63, 3.8) is 0 Å². The van der Waals surface area contributed by atoms with E-state index in [1.807, 2.05) is 27.7 Å². The van der Waals surface area contributed by atoms with Gasteiger partial charge in [0.25, 0.3) is 0 Å². The minimum atomic E-state index is -3.68. The van der Waals surface area contributed by atoms with Gasteiger partial charge in [-0.15, -0.1) is 0 Å². The summed E-state index contributed by atoms with van der Waals surface area (Å²) < 4.78 is 28.0. The van der Waals surface area contributed by atoms with E-state index in [1.54, 1.807) is 19.1 Å². The second kappa shape index (κ2) is 6.34. The van der Waals surface area contributed by atoms with E-state index in [2.05, 4.69) is 4.72 Å². The highest BCUT2D eigenvalue weighted by atomic mass is 32.2. The minimum absolute atomic E-state index is 0.0700. The monoisotopic (exact) mass is 314 g/mol. The lowest BCUT2D eigenvalue weighted by Gasteiger charge is -2.31. The topological polar surface area (TPSA) is 92.4 Å². The molecule has 4 N–H and O–H groups in total. The van der Waals surface area contributed by atoms with Crippen molar-refractivity contribution < 1.29 is 13.5 Å². The van der Waals surface area contributed by atoms with E-state index in [1.165, 1.54) is 0 Å². The molecule has 0 bridgehead atoms. The van der Waals surface area contributed by atoms with Crippen LogP contribution in [0.2, 0.25) is 0 Å². The smallest absolute Gasteiger partial charge is 0.241 e. The van der Waals surface area contributed by atoms with Gasteiger partial charge >= 0.3 is 0 Å². The third-order valence-electron chi connectivity index (χ3n) is 3.59. The number of rotatable bonds is 5. The first-order chi connectivity index (χ1) is 9.49. The van der Waals surface area contributed by atoms with Crippen molar-refractivity contribution >= 4 is 15.7 Å². The number of anilines is 1. The quantitative estimate of drug-likeness (QED) is 0.724. The van der Waals surface area contributed by atoms with Crippen LogP contribution in [-0.4, -0.2) is 26.2 Å². The van der Waals surface area contributed by atoms with Crippen molar-refractivity contribution in [2.24, 2.45) is 5.41 Å². The Morgan fingerprint density at radius 2 is 1.86 bits per heavy atom. The van der Waals surface area contributed by atoms with Crippen molar-refractivity contribution in [2.75, 3.05) is 12.3 Å². The zero-order chi connectivity index (χ0) is 16.4. The molecule has 5 nitrogen and oxygen atoms in total. The fourth-order valence-electron chi connectivity index (χ4n) is 2.18. The summed E-state index contributed by atoms with van der Waals surface area (Å²) >= 11 is 0. The van der Waals surface area contributed by atoms with E-state index in [0.717, 1.165) is 5.56 Å². The number of aliphatic hydroxyl groups excluding tert-OH is 1. The molecule has 0 radical (unpaired) electrons. The first-order valence-electron chi connectivity index (χ1n) is 6.99. The Labute approximate surface area is 127 Å². The Balaban J connectivity index is 3.23. The fourth-order valence-corrected chi connectivity index (χ4v) is 4.02. The second-order valence-electron chi connectivity index (χ2n) is 6.53. The lowest BCUT2D eigenvalue weighted by molar-refractivity contribution is 0.214. The highest BCUT2D eigenvalue weighted by molar-refractivity contribution is 7.89. The van der Waals surface area contributed by atoms with Gasteiger partial charge in [-0.3, -0.25) is 0 Å². The minimum Gasteiger partial charge on any atom is -0.398 e.